The highest BCUT2D eigenvalue weighted by atomic mass is 19.4. The number of hydrogen-bond donors (Lipinski definition) is 2. The SMILES string of the molecule is O=C(CCC(F)(F)F)N[C@@H](c1cnn2cc([C@@H](NC(=O)c3cnnn3CCC(F)F)C3CCC(F)(F)CC3)nc2c1)C1CC1. The largest absolute Gasteiger partial charge is 0.389 e. The first-order chi connectivity index (χ1) is 20.8. The predicted octanol–water partition coefficient (Wildman–Crippen LogP) is 5.18. The summed E-state index contributed by atoms with van der Waals surface area (Å²) in [6.45, 7) is -0.253. The summed E-state index contributed by atoms with van der Waals surface area (Å²) in [4.78, 5) is 30.2. The quantitative estimate of drug-likeness (QED) is 0.266. The van der Waals surface area contributed by atoms with Gasteiger partial charge in [-0.25, -0.2) is 31.7 Å². The highest BCUT2D eigenvalue weighted by Crippen LogP contribution is 2.43. The zero-order valence-corrected chi connectivity index (χ0v) is 23.4. The Morgan fingerprint density at radius 3 is 2.39 bits per heavy atom. The molecule has 5 rings (SSSR count). The maximum absolute atomic E-state index is 14.0. The molecule has 0 aliphatic heterocycles. The standard InChI is InChI=1S/C27H31F7N8O2/c28-20(29)6-10-41-19(13-35-40-41)25(44)39-24(16-3-7-26(30,31)8-4-16)18-14-42-21(37-18)11-17(12-36-42)23(15-1-2-15)38-22(43)5-9-27(32,33)34/h11-16,20,23-24H,1-10H2,(H,38,43)(H,39,44)/t23-,24+/m1/s1. The summed E-state index contributed by atoms with van der Waals surface area (Å²) < 4.78 is 93.8. The summed E-state index contributed by atoms with van der Waals surface area (Å²) >= 11 is 0. The van der Waals surface area contributed by atoms with Crippen LogP contribution in [-0.4, -0.2) is 59.9 Å². The Morgan fingerprint density at radius 1 is 1.02 bits per heavy atom. The molecule has 2 saturated carbocycles. The molecule has 0 saturated heterocycles. The number of aromatic nitrogens is 6. The Kier molecular flexibility index (Phi) is 9.11. The number of alkyl halides is 7. The number of nitrogens with one attached hydrogen (secondary N) is 2. The van der Waals surface area contributed by atoms with E-state index in [1.54, 1.807) is 6.07 Å². The number of halogens is 7. The lowest BCUT2D eigenvalue weighted by Crippen LogP contribution is -2.38. The van der Waals surface area contributed by atoms with E-state index < -0.39 is 67.6 Å². The van der Waals surface area contributed by atoms with Crippen molar-refractivity contribution in [1.82, 2.24) is 40.2 Å². The van der Waals surface area contributed by atoms with Crippen LogP contribution in [0.4, 0.5) is 30.7 Å². The molecule has 3 aromatic rings. The third-order valence-electron chi connectivity index (χ3n) is 8.01. The number of rotatable bonds is 12. The summed E-state index contributed by atoms with van der Waals surface area (Å²) in [7, 11) is 0. The van der Waals surface area contributed by atoms with E-state index in [2.05, 4.69) is 31.0 Å². The van der Waals surface area contributed by atoms with Gasteiger partial charge in [0.2, 0.25) is 18.3 Å². The first kappa shape index (κ1) is 31.6. The molecular weight excluding hydrogens is 601 g/mol. The second-order valence-electron chi connectivity index (χ2n) is 11.4. The van der Waals surface area contributed by atoms with E-state index in [-0.39, 0.29) is 43.8 Å². The molecule has 0 aromatic carbocycles. The average molecular weight is 633 g/mol. The third-order valence-corrected chi connectivity index (χ3v) is 8.01. The van der Waals surface area contributed by atoms with Gasteiger partial charge in [-0.15, -0.1) is 5.10 Å². The van der Waals surface area contributed by atoms with E-state index in [0.29, 0.717) is 16.9 Å². The van der Waals surface area contributed by atoms with E-state index >= 15 is 0 Å². The molecule has 2 amide bonds. The molecular formula is C27H31F7N8O2. The Balaban J connectivity index is 1.39. The molecule has 2 atom stereocenters. The monoisotopic (exact) mass is 632 g/mol. The normalized spacial score (nSPS) is 18.8. The van der Waals surface area contributed by atoms with Gasteiger partial charge in [-0.2, -0.15) is 18.3 Å². The lowest BCUT2D eigenvalue weighted by atomic mass is 9.81. The molecule has 2 fully saturated rings. The number of aryl methyl sites for hydroxylation is 1. The van der Waals surface area contributed by atoms with Gasteiger partial charge in [0.1, 0.15) is 5.69 Å². The zero-order valence-electron chi connectivity index (χ0n) is 23.4. The minimum absolute atomic E-state index is 0.0306. The van der Waals surface area contributed by atoms with E-state index in [1.165, 1.54) is 16.9 Å². The topological polar surface area (TPSA) is 119 Å². The van der Waals surface area contributed by atoms with Crippen molar-refractivity contribution in [2.24, 2.45) is 11.8 Å². The summed E-state index contributed by atoms with van der Waals surface area (Å²) in [5.41, 5.74) is 1.11. The molecule has 0 spiro atoms. The molecule has 0 bridgehead atoms. The van der Waals surface area contributed by atoms with Crippen molar-refractivity contribution in [3.8, 4) is 0 Å². The van der Waals surface area contributed by atoms with Crippen molar-refractivity contribution in [3.63, 3.8) is 0 Å². The first-order valence-electron chi connectivity index (χ1n) is 14.3. The van der Waals surface area contributed by atoms with Crippen molar-refractivity contribution in [1.29, 1.82) is 0 Å². The highest BCUT2D eigenvalue weighted by molar-refractivity contribution is 5.92. The fraction of sp³-hybridized carbons (Fsp3) is 0.630. The van der Waals surface area contributed by atoms with Crippen molar-refractivity contribution in [2.75, 3.05) is 0 Å². The lowest BCUT2D eigenvalue weighted by Gasteiger charge is -2.33. The molecule has 0 radical (unpaired) electrons. The van der Waals surface area contributed by atoms with Gasteiger partial charge in [0, 0.05) is 32.2 Å². The van der Waals surface area contributed by atoms with Gasteiger partial charge in [0.15, 0.2) is 5.65 Å². The van der Waals surface area contributed by atoms with Gasteiger partial charge >= 0.3 is 6.18 Å². The Labute approximate surface area is 246 Å². The second kappa shape index (κ2) is 12.7. The first-order valence-corrected chi connectivity index (χ1v) is 14.3. The van der Waals surface area contributed by atoms with Gasteiger partial charge in [-0.3, -0.25) is 9.59 Å². The maximum Gasteiger partial charge on any atom is 0.389 e. The van der Waals surface area contributed by atoms with Gasteiger partial charge in [0.05, 0.1) is 42.8 Å². The number of carbonyl (C=O) groups is 2. The molecule has 0 unspecified atom stereocenters. The van der Waals surface area contributed by atoms with Crippen LogP contribution in [0.1, 0.15) is 91.6 Å². The molecule has 17 heteroatoms. The third kappa shape index (κ3) is 8.02. The molecule has 3 heterocycles. The van der Waals surface area contributed by atoms with Crippen LogP contribution in [0.5, 0.6) is 0 Å². The van der Waals surface area contributed by atoms with Crippen LogP contribution in [-0.2, 0) is 11.3 Å². The van der Waals surface area contributed by atoms with Crippen LogP contribution < -0.4 is 10.6 Å². The van der Waals surface area contributed by atoms with Crippen molar-refractivity contribution >= 4 is 17.5 Å². The summed E-state index contributed by atoms with van der Waals surface area (Å²) in [6.07, 6.45) is -4.45. The molecule has 2 N–H and O–H groups in total. The van der Waals surface area contributed by atoms with Gasteiger partial charge in [0.25, 0.3) is 5.91 Å². The predicted molar refractivity (Wildman–Crippen MR) is 140 cm³/mol. The molecule has 240 valence electrons. The fourth-order valence-electron chi connectivity index (χ4n) is 5.50. The van der Waals surface area contributed by atoms with E-state index in [1.807, 2.05) is 0 Å². The number of amides is 2. The van der Waals surface area contributed by atoms with E-state index in [9.17, 15) is 40.3 Å². The van der Waals surface area contributed by atoms with Crippen LogP contribution in [0.3, 0.4) is 0 Å². The smallest absolute Gasteiger partial charge is 0.349 e. The van der Waals surface area contributed by atoms with Crippen molar-refractivity contribution < 1.29 is 40.3 Å². The molecule has 3 aromatic heterocycles. The molecule has 2 aliphatic rings. The second-order valence-corrected chi connectivity index (χ2v) is 11.4. The Bertz CT molecular complexity index is 1460. The van der Waals surface area contributed by atoms with Gasteiger partial charge < -0.3 is 10.6 Å². The Hall–Kier alpha value is -3.79. The van der Waals surface area contributed by atoms with Gasteiger partial charge in [-0.1, -0.05) is 5.21 Å². The van der Waals surface area contributed by atoms with Crippen LogP contribution >= 0.6 is 0 Å². The number of hydrogen-bond acceptors (Lipinski definition) is 6. The fourth-order valence-corrected chi connectivity index (χ4v) is 5.50. The maximum atomic E-state index is 14.0. The minimum Gasteiger partial charge on any atom is -0.349 e. The number of nitrogens with zero attached hydrogens (tertiary/aromatic N) is 6. The summed E-state index contributed by atoms with van der Waals surface area (Å²) in [5, 5.41) is 17.2. The number of imidazole rings is 1. The highest BCUT2D eigenvalue weighted by Gasteiger charge is 2.40. The lowest BCUT2D eigenvalue weighted by molar-refractivity contribution is -0.144. The number of fused-ring (bicyclic) bond motifs is 1. The zero-order chi connectivity index (χ0) is 31.6. The average Bonchev–Trinajstić information content (AvgIpc) is 3.52. The van der Waals surface area contributed by atoms with Crippen LogP contribution in [0.25, 0.3) is 5.65 Å². The molecule has 2 aliphatic carbocycles. The van der Waals surface area contributed by atoms with Gasteiger partial charge in [-0.05, 0) is 49.1 Å². The number of carbonyl (C=O) groups excluding carboxylic acids is 2. The van der Waals surface area contributed by atoms with Crippen molar-refractivity contribution in [3.05, 3.63) is 41.6 Å². The van der Waals surface area contributed by atoms with Crippen molar-refractivity contribution in [2.45, 2.75) is 94.9 Å². The summed E-state index contributed by atoms with van der Waals surface area (Å²) in [6, 6.07) is 0.231. The minimum atomic E-state index is -4.46. The van der Waals surface area contributed by atoms with E-state index in [4.69, 9.17) is 0 Å². The molecule has 10 nitrogen and oxygen atoms in total. The van der Waals surface area contributed by atoms with Crippen LogP contribution in [0, 0.1) is 11.8 Å². The van der Waals surface area contributed by atoms with Crippen LogP contribution in [0.2, 0.25) is 0 Å². The van der Waals surface area contributed by atoms with Crippen LogP contribution in [0.15, 0.2) is 24.7 Å². The van der Waals surface area contributed by atoms with E-state index in [0.717, 1.165) is 23.7 Å². The Morgan fingerprint density at radius 2 is 1.73 bits per heavy atom. The summed E-state index contributed by atoms with van der Waals surface area (Å²) in [5.74, 6) is -4.65. The molecule has 44 heavy (non-hydrogen) atoms.